The maximum Gasteiger partial charge on any atom is 0.0517 e. The third-order valence-electron chi connectivity index (χ3n) is 5.23. The van der Waals surface area contributed by atoms with E-state index in [0.717, 1.165) is 32.4 Å². The Bertz CT molecular complexity index is 364. The van der Waals surface area contributed by atoms with Crippen LogP contribution in [0.1, 0.15) is 94.4 Å². The van der Waals surface area contributed by atoms with Gasteiger partial charge in [-0.3, -0.25) is 0 Å². The number of allylic oxidation sites excluding steroid dienone is 2. The summed E-state index contributed by atoms with van der Waals surface area (Å²) in [5.41, 5.74) is 2.08. The predicted molar refractivity (Wildman–Crippen MR) is 108 cm³/mol. The monoisotopic (exact) mass is 339 g/mol. The molecule has 24 heavy (non-hydrogen) atoms. The van der Waals surface area contributed by atoms with Crippen molar-refractivity contribution in [2.24, 2.45) is 10.8 Å². The van der Waals surface area contributed by atoms with Crippen molar-refractivity contribution in [2.75, 3.05) is 13.1 Å². The molecule has 0 aromatic heterocycles. The van der Waals surface area contributed by atoms with Crippen LogP contribution in [-0.2, 0) is 0 Å². The first kappa shape index (κ1) is 23.7. The highest BCUT2D eigenvalue weighted by Gasteiger charge is 2.25. The van der Waals surface area contributed by atoms with E-state index >= 15 is 0 Å². The Kier molecular flexibility index (Phi) is 10.5. The summed E-state index contributed by atoms with van der Waals surface area (Å²) in [7, 11) is 0. The molecule has 0 aliphatic carbocycles. The topological polar surface area (TPSA) is 23.5 Å². The molecule has 1 N–H and O–H groups in total. The molecule has 0 bridgehead atoms. The van der Waals surface area contributed by atoms with Crippen LogP contribution in [0.2, 0.25) is 0 Å². The van der Waals surface area contributed by atoms with Gasteiger partial charge in [0.2, 0.25) is 0 Å². The lowest BCUT2D eigenvalue weighted by atomic mass is 9.77. The maximum absolute atomic E-state index is 9.67. The molecule has 0 saturated carbocycles. The quantitative estimate of drug-likeness (QED) is 0.438. The molecule has 0 rings (SSSR count). The first-order valence-corrected chi connectivity index (χ1v) is 10.1. The maximum atomic E-state index is 9.67. The Hall–Kier alpha value is -0.340. The van der Waals surface area contributed by atoms with Crippen molar-refractivity contribution in [1.82, 2.24) is 4.90 Å². The molecule has 0 aromatic carbocycles. The van der Waals surface area contributed by atoms with E-state index in [2.05, 4.69) is 66.4 Å². The van der Waals surface area contributed by atoms with Crippen molar-refractivity contribution in [3.8, 4) is 0 Å². The van der Waals surface area contributed by atoms with Crippen molar-refractivity contribution >= 4 is 0 Å². The molecule has 2 nitrogen and oxygen atoms in total. The van der Waals surface area contributed by atoms with E-state index in [-0.39, 0.29) is 11.5 Å². The van der Waals surface area contributed by atoms with Gasteiger partial charge in [0, 0.05) is 6.04 Å². The zero-order valence-corrected chi connectivity index (χ0v) is 18.1. The average Bonchev–Trinajstić information content (AvgIpc) is 2.42. The van der Waals surface area contributed by atoms with Gasteiger partial charge in [-0.2, -0.15) is 0 Å². The molecule has 2 heteroatoms. The summed E-state index contributed by atoms with van der Waals surface area (Å²) in [6, 6.07) is 0.639. The SMILES string of the molecule is CCC(=CCC(C)(C)CC(C)O)CC(C)(C)CC(C)N(CC)CC. The van der Waals surface area contributed by atoms with Gasteiger partial charge in [0.05, 0.1) is 6.10 Å². The van der Waals surface area contributed by atoms with Crippen LogP contribution < -0.4 is 0 Å². The lowest BCUT2D eigenvalue weighted by Gasteiger charge is -2.35. The Morgan fingerprint density at radius 3 is 1.92 bits per heavy atom. The van der Waals surface area contributed by atoms with Crippen LogP contribution in [0, 0.1) is 10.8 Å². The van der Waals surface area contributed by atoms with E-state index in [1.54, 1.807) is 5.57 Å². The molecule has 0 fully saturated rings. The van der Waals surface area contributed by atoms with Gasteiger partial charge in [-0.1, -0.05) is 60.1 Å². The summed E-state index contributed by atoms with van der Waals surface area (Å²) in [6.07, 6.45) is 7.71. The van der Waals surface area contributed by atoms with Gasteiger partial charge in [-0.15, -0.1) is 0 Å². The second kappa shape index (κ2) is 10.6. The highest BCUT2D eigenvalue weighted by atomic mass is 16.3. The highest BCUT2D eigenvalue weighted by Crippen LogP contribution is 2.35. The van der Waals surface area contributed by atoms with Crippen LogP contribution in [0.4, 0.5) is 0 Å². The van der Waals surface area contributed by atoms with Crippen molar-refractivity contribution < 1.29 is 5.11 Å². The molecular weight excluding hydrogens is 294 g/mol. The average molecular weight is 340 g/mol. The normalized spacial score (nSPS) is 16.5. The second-order valence-corrected chi connectivity index (χ2v) is 9.25. The fraction of sp³-hybridized carbons (Fsp3) is 0.909. The van der Waals surface area contributed by atoms with E-state index in [0.29, 0.717) is 11.5 Å². The van der Waals surface area contributed by atoms with E-state index in [4.69, 9.17) is 0 Å². The molecule has 2 atom stereocenters. The van der Waals surface area contributed by atoms with Crippen molar-refractivity contribution in [3.63, 3.8) is 0 Å². The van der Waals surface area contributed by atoms with Gasteiger partial charge in [-0.25, -0.2) is 0 Å². The van der Waals surface area contributed by atoms with Crippen LogP contribution in [0.5, 0.6) is 0 Å². The Morgan fingerprint density at radius 1 is 0.958 bits per heavy atom. The fourth-order valence-corrected chi connectivity index (χ4v) is 4.11. The molecule has 0 spiro atoms. The zero-order chi connectivity index (χ0) is 19.0. The van der Waals surface area contributed by atoms with E-state index in [1.165, 1.54) is 12.8 Å². The molecule has 0 heterocycles. The minimum absolute atomic E-state index is 0.174. The molecule has 0 aliphatic rings. The fourth-order valence-electron chi connectivity index (χ4n) is 4.11. The van der Waals surface area contributed by atoms with Gasteiger partial charge < -0.3 is 10.0 Å². The smallest absolute Gasteiger partial charge is 0.0517 e. The molecular formula is C22H45NO. The van der Waals surface area contributed by atoms with Crippen molar-refractivity contribution in [2.45, 2.75) is 107 Å². The molecule has 0 saturated heterocycles. The first-order chi connectivity index (χ1) is 11.0. The molecule has 0 aromatic rings. The Morgan fingerprint density at radius 2 is 1.50 bits per heavy atom. The number of aliphatic hydroxyl groups is 1. The molecule has 0 amide bonds. The van der Waals surface area contributed by atoms with Gasteiger partial charge in [0.25, 0.3) is 0 Å². The molecule has 0 radical (unpaired) electrons. The lowest BCUT2D eigenvalue weighted by Crippen LogP contribution is -2.36. The van der Waals surface area contributed by atoms with Gasteiger partial charge in [-0.05, 0) is 69.9 Å². The van der Waals surface area contributed by atoms with Crippen LogP contribution in [0.25, 0.3) is 0 Å². The van der Waals surface area contributed by atoms with Gasteiger partial charge in [0.1, 0.15) is 0 Å². The molecule has 2 unspecified atom stereocenters. The largest absolute Gasteiger partial charge is 0.393 e. The number of aliphatic hydroxyl groups excluding tert-OH is 1. The van der Waals surface area contributed by atoms with Crippen LogP contribution in [-0.4, -0.2) is 35.2 Å². The summed E-state index contributed by atoms with van der Waals surface area (Å²) in [5, 5.41) is 9.67. The standard InChI is InChI=1S/C22H45NO/c1-10-20(13-14-21(6,7)16-19(5)24)17-22(8,9)15-18(4)23(11-2)12-3/h13,18-19,24H,10-12,14-17H2,1-9H3. The predicted octanol–water partition coefficient (Wildman–Crippen LogP) is 6.05. The molecule has 144 valence electrons. The van der Waals surface area contributed by atoms with Crippen LogP contribution in [0.3, 0.4) is 0 Å². The number of hydrogen-bond acceptors (Lipinski definition) is 2. The zero-order valence-electron chi connectivity index (χ0n) is 18.1. The lowest BCUT2D eigenvalue weighted by molar-refractivity contribution is 0.130. The molecule has 0 aliphatic heterocycles. The van der Waals surface area contributed by atoms with Crippen LogP contribution in [0.15, 0.2) is 11.6 Å². The van der Waals surface area contributed by atoms with E-state index in [1.807, 2.05) is 6.92 Å². The summed E-state index contributed by atoms with van der Waals surface area (Å²) in [5.74, 6) is 0. The number of nitrogens with zero attached hydrogens (tertiary/aromatic N) is 1. The van der Waals surface area contributed by atoms with Gasteiger partial charge >= 0.3 is 0 Å². The third kappa shape index (κ3) is 9.84. The minimum atomic E-state index is -0.218. The van der Waals surface area contributed by atoms with Crippen molar-refractivity contribution in [3.05, 3.63) is 11.6 Å². The first-order valence-electron chi connectivity index (χ1n) is 10.1. The second-order valence-electron chi connectivity index (χ2n) is 9.25. The Labute approximate surface area is 152 Å². The number of rotatable bonds is 12. The van der Waals surface area contributed by atoms with E-state index in [9.17, 15) is 5.11 Å². The van der Waals surface area contributed by atoms with E-state index < -0.39 is 0 Å². The summed E-state index contributed by atoms with van der Waals surface area (Å²) >= 11 is 0. The summed E-state index contributed by atoms with van der Waals surface area (Å²) in [4.78, 5) is 2.56. The Balaban J connectivity index is 4.81. The van der Waals surface area contributed by atoms with Gasteiger partial charge in [0.15, 0.2) is 0 Å². The highest BCUT2D eigenvalue weighted by molar-refractivity contribution is 5.06. The summed E-state index contributed by atoms with van der Waals surface area (Å²) in [6.45, 7) is 22.7. The van der Waals surface area contributed by atoms with Crippen molar-refractivity contribution in [1.29, 1.82) is 0 Å². The minimum Gasteiger partial charge on any atom is -0.393 e. The third-order valence-corrected chi connectivity index (χ3v) is 5.23. The van der Waals surface area contributed by atoms with Crippen LogP contribution >= 0.6 is 0 Å². The summed E-state index contributed by atoms with van der Waals surface area (Å²) < 4.78 is 0. The number of hydrogen-bond donors (Lipinski definition) is 1.